The quantitative estimate of drug-likeness (QED) is 0.889. The summed E-state index contributed by atoms with van der Waals surface area (Å²) in [5.41, 5.74) is -0.652. The zero-order chi connectivity index (χ0) is 12.5. The molecular weight excluding hydrogens is 245 g/mol. The third-order valence-electron chi connectivity index (χ3n) is 2.73. The largest absolute Gasteiger partial charge is 0.379 e. The van der Waals surface area contributed by atoms with Crippen molar-refractivity contribution < 1.29 is 17.5 Å². The summed E-state index contributed by atoms with van der Waals surface area (Å²) in [5, 5.41) is 0. The van der Waals surface area contributed by atoms with Gasteiger partial charge in [0.2, 0.25) is 10.0 Å². The van der Waals surface area contributed by atoms with E-state index in [1.54, 1.807) is 6.92 Å². The molecule has 0 bridgehead atoms. The van der Waals surface area contributed by atoms with Gasteiger partial charge in [0, 0.05) is 6.61 Å². The molecule has 1 aromatic rings. The molecule has 1 aromatic carbocycles. The highest BCUT2D eigenvalue weighted by Crippen LogP contribution is 2.22. The van der Waals surface area contributed by atoms with Crippen molar-refractivity contribution in [2.45, 2.75) is 23.8 Å². The zero-order valence-electron chi connectivity index (χ0n) is 9.44. The summed E-state index contributed by atoms with van der Waals surface area (Å²) < 4.78 is 45.1. The Morgan fingerprint density at radius 2 is 2.12 bits per heavy atom. The summed E-state index contributed by atoms with van der Waals surface area (Å²) in [4.78, 5) is -0.326. The normalized spacial score (nSPS) is 25.1. The second-order valence-corrected chi connectivity index (χ2v) is 6.05. The molecule has 1 heterocycles. The Morgan fingerprint density at radius 1 is 1.41 bits per heavy atom. The average Bonchev–Trinajstić information content (AvgIpc) is 2.64. The van der Waals surface area contributed by atoms with Crippen LogP contribution in [0.2, 0.25) is 0 Å². The minimum absolute atomic E-state index is 0.306. The maximum Gasteiger partial charge on any atom is 0.244 e. The fourth-order valence-corrected chi connectivity index (χ4v) is 3.29. The molecule has 0 aromatic heterocycles. The van der Waals surface area contributed by atoms with Crippen molar-refractivity contribution in [2.24, 2.45) is 0 Å². The number of sulfonamides is 1. The number of nitrogens with one attached hydrogen (secondary N) is 1. The number of rotatable bonds is 3. The highest BCUT2D eigenvalue weighted by Gasteiger charge is 2.35. The lowest BCUT2D eigenvalue weighted by atomic mass is 10.0. The summed E-state index contributed by atoms with van der Waals surface area (Å²) in [5.74, 6) is -0.748. The predicted molar refractivity (Wildman–Crippen MR) is 60.6 cm³/mol. The van der Waals surface area contributed by atoms with Crippen LogP contribution in [-0.2, 0) is 14.8 Å². The molecule has 94 valence electrons. The van der Waals surface area contributed by atoms with Crippen molar-refractivity contribution in [1.82, 2.24) is 4.72 Å². The Labute approximate surface area is 99.8 Å². The summed E-state index contributed by atoms with van der Waals surface area (Å²) in [6, 6.07) is 5.32. The van der Waals surface area contributed by atoms with E-state index >= 15 is 0 Å². The van der Waals surface area contributed by atoms with E-state index in [1.807, 2.05) is 0 Å². The minimum Gasteiger partial charge on any atom is -0.379 e. The number of benzene rings is 1. The minimum atomic E-state index is -3.84. The Hall–Kier alpha value is -0.980. The van der Waals surface area contributed by atoms with E-state index in [0.29, 0.717) is 19.6 Å². The molecule has 0 amide bonds. The molecule has 1 aliphatic heterocycles. The van der Waals surface area contributed by atoms with E-state index in [1.165, 1.54) is 18.2 Å². The van der Waals surface area contributed by atoms with Gasteiger partial charge in [0.05, 0.1) is 12.1 Å². The Balaban J connectivity index is 2.28. The van der Waals surface area contributed by atoms with Crippen LogP contribution < -0.4 is 4.72 Å². The second kappa shape index (κ2) is 4.36. The molecule has 0 aliphatic carbocycles. The Bertz CT molecular complexity index is 509. The Kier molecular flexibility index (Phi) is 3.20. The fraction of sp³-hybridized carbons (Fsp3) is 0.455. The molecule has 1 N–H and O–H groups in total. The van der Waals surface area contributed by atoms with Gasteiger partial charge in [-0.1, -0.05) is 12.1 Å². The van der Waals surface area contributed by atoms with E-state index in [2.05, 4.69) is 4.72 Å². The monoisotopic (exact) mass is 259 g/mol. The van der Waals surface area contributed by atoms with Gasteiger partial charge >= 0.3 is 0 Å². The van der Waals surface area contributed by atoms with Gasteiger partial charge in [0.15, 0.2) is 0 Å². The zero-order valence-corrected chi connectivity index (χ0v) is 10.3. The molecule has 1 saturated heterocycles. The van der Waals surface area contributed by atoms with Crippen molar-refractivity contribution >= 4 is 10.0 Å². The number of ether oxygens (including phenoxy) is 1. The van der Waals surface area contributed by atoms with Gasteiger partial charge in [-0.2, -0.15) is 0 Å². The van der Waals surface area contributed by atoms with Gasteiger partial charge in [-0.15, -0.1) is 0 Å². The van der Waals surface area contributed by atoms with E-state index in [4.69, 9.17) is 4.74 Å². The number of hydrogen-bond donors (Lipinski definition) is 1. The van der Waals surface area contributed by atoms with E-state index < -0.39 is 21.4 Å². The van der Waals surface area contributed by atoms with E-state index in [0.717, 1.165) is 6.07 Å². The maximum atomic E-state index is 13.4. The molecule has 4 nitrogen and oxygen atoms in total. The van der Waals surface area contributed by atoms with Crippen LogP contribution in [0.3, 0.4) is 0 Å². The molecule has 17 heavy (non-hydrogen) atoms. The van der Waals surface area contributed by atoms with Crippen molar-refractivity contribution in [1.29, 1.82) is 0 Å². The summed E-state index contributed by atoms with van der Waals surface area (Å²) in [6.07, 6.45) is 0.584. The van der Waals surface area contributed by atoms with Crippen molar-refractivity contribution in [3.8, 4) is 0 Å². The number of hydrogen-bond acceptors (Lipinski definition) is 3. The molecule has 0 radical (unpaired) electrons. The topological polar surface area (TPSA) is 55.4 Å². The molecule has 1 atom stereocenters. The maximum absolute atomic E-state index is 13.4. The molecule has 0 spiro atoms. The lowest BCUT2D eigenvalue weighted by molar-refractivity contribution is 0.178. The fourth-order valence-electron chi connectivity index (χ4n) is 1.79. The van der Waals surface area contributed by atoms with Gasteiger partial charge in [0.1, 0.15) is 10.7 Å². The van der Waals surface area contributed by atoms with Crippen LogP contribution in [0, 0.1) is 5.82 Å². The van der Waals surface area contributed by atoms with E-state index in [9.17, 15) is 12.8 Å². The van der Waals surface area contributed by atoms with Crippen LogP contribution in [0.25, 0.3) is 0 Å². The van der Waals surface area contributed by atoms with Crippen LogP contribution >= 0.6 is 0 Å². The van der Waals surface area contributed by atoms with E-state index in [-0.39, 0.29) is 4.90 Å². The summed E-state index contributed by atoms with van der Waals surface area (Å²) >= 11 is 0. The number of halogens is 1. The highest BCUT2D eigenvalue weighted by molar-refractivity contribution is 7.89. The molecule has 6 heteroatoms. The van der Waals surface area contributed by atoms with Crippen LogP contribution in [0.4, 0.5) is 4.39 Å². The van der Waals surface area contributed by atoms with Crippen LogP contribution in [0.5, 0.6) is 0 Å². The first kappa shape index (κ1) is 12.5. The average molecular weight is 259 g/mol. The van der Waals surface area contributed by atoms with Crippen molar-refractivity contribution in [3.05, 3.63) is 30.1 Å². The van der Waals surface area contributed by atoms with Gasteiger partial charge in [0.25, 0.3) is 0 Å². The lowest BCUT2D eigenvalue weighted by Gasteiger charge is -2.23. The second-order valence-electron chi connectivity index (χ2n) is 4.40. The molecule has 1 unspecified atom stereocenters. The van der Waals surface area contributed by atoms with Gasteiger partial charge in [-0.3, -0.25) is 0 Å². The first-order valence-corrected chi connectivity index (χ1v) is 6.78. The third-order valence-corrected chi connectivity index (χ3v) is 4.40. The molecule has 1 aliphatic rings. The SMILES string of the molecule is CC1(NS(=O)(=O)c2ccccc2F)CCOC1. The van der Waals surface area contributed by atoms with Crippen molar-refractivity contribution in [2.75, 3.05) is 13.2 Å². The highest BCUT2D eigenvalue weighted by atomic mass is 32.2. The molecule has 2 rings (SSSR count). The van der Waals surface area contributed by atoms with Crippen LogP contribution in [0.15, 0.2) is 29.2 Å². The molecule has 0 saturated carbocycles. The van der Waals surface area contributed by atoms with Crippen LogP contribution in [-0.4, -0.2) is 27.2 Å². The molecular formula is C11H14FNO3S. The first-order valence-electron chi connectivity index (χ1n) is 5.29. The molecule has 1 fully saturated rings. The summed E-state index contributed by atoms with van der Waals surface area (Å²) in [7, 11) is -3.84. The summed E-state index contributed by atoms with van der Waals surface area (Å²) in [6.45, 7) is 2.56. The lowest BCUT2D eigenvalue weighted by Crippen LogP contribution is -2.46. The standard InChI is InChI=1S/C11H14FNO3S/c1-11(6-7-16-8-11)13-17(14,15)10-5-3-2-4-9(10)12/h2-5,13H,6-8H2,1H3. The van der Waals surface area contributed by atoms with Crippen molar-refractivity contribution in [3.63, 3.8) is 0 Å². The van der Waals surface area contributed by atoms with Gasteiger partial charge in [-0.25, -0.2) is 17.5 Å². The first-order chi connectivity index (χ1) is 7.93. The Morgan fingerprint density at radius 3 is 2.71 bits per heavy atom. The predicted octanol–water partition coefficient (Wildman–Crippen LogP) is 1.28. The smallest absolute Gasteiger partial charge is 0.244 e. The van der Waals surface area contributed by atoms with Gasteiger partial charge < -0.3 is 4.74 Å². The van der Waals surface area contributed by atoms with Gasteiger partial charge in [-0.05, 0) is 25.5 Å². The third kappa shape index (κ3) is 2.65. The van der Waals surface area contributed by atoms with Crippen LogP contribution in [0.1, 0.15) is 13.3 Å².